The summed E-state index contributed by atoms with van der Waals surface area (Å²) in [6.07, 6.45) is 3.85. The SMILES string of the molecule is CC1(C)CCN(C(=O)C2(C(N)=S)CC2)CC1. The predicted molar refractivity (Wildman–Crippen MR) is 68.0 cm³/mol. The van der Waals surface area contributed by atoms with Crippen LogP contribution in [0.15, 0.2) is 0 Å². The van der Waals surface area contributed by atoms with Crippen LogP contribution in [0.5, 0.6) is 0 Å². The van der Waals surface area contributed by atoms with Gasteiger partial charge in [-0.25, -0.2) is 0 Å². The average molecular weight is 240 g/mol. The number of amides is 1. The van der Waals surface area contributed by atoms with E-state index >= 15 is 0 Å². The lowest BCUT2D eigenvalue weighted by Crippen LogP contribution is -2.47. The number of piperidine rings is 1. The minimum absolute atomic E-state index is 0.176. The molecule has 2 aliphatic rings. The number of carbonyl (C=O) groups is 1. The molecule has 1 heterocycles. The fraction of sp³-hybridized carbons (Fsp3) is 0.833. The van der Waals surface area contributed by atoms with Gasteiger partial charge in [-0.2, -0.15) is 0 Å². The van der Waals surface area contributed by atoms with Crippen molar-refractivity contribution in [3.63, 3.8) is 0 Å². The molecule has 1 saturated heterocycles. The molecule has 1 saturated carbocycles. The molecule has 0 atom stereocenters. The van der Waals surface area contributed by atoms with E-state index in [1.807, 2.05) is 4.90 Å². The summed E-state index contributed by atoms with van der Waals surface area (Å²) in [5, 5.41) is 0. The van der Waals surface area contributed by atoms with E-state index in [1.54, 1.807) is 0 Å². The van der Waals surface area contributed by atoms with Crippen LogP contribution in [0.2, 0.25) is 0 Å². The second-order valence-corrected chi connectivity index (χ2v) is 6.34. The minimum atomic E-state index is -0.461. The van der Waals surface area contributed by atoms with E-state index in [1.165, 1.54) is 0 Å². The number of likely N-dealkylation sites (tertiary alicyclic amines) is 1. The molecule has 0 aromatic carbocycles. The van der Waals surface area contributed by atoms with Gasteiger partial charge in [-0.15, -0.1) is 0 Å². The molecule has 16 heavy (non-hydrogen) atoms. The van der Waals surface area contributed by atoms with E-state index in [-0.39, 0.29) is 5.91 Å². The normalized spacial score (nSPS) is 26.2. The highest BCUT2D eigenvalue weighted by atomic mass is 32.1. The second kappa shape index (κ2) is 3.69. The quantitative estimate of drug-likeness (QED) is 0.747. The van der Waals surface area contributed by atoms with Gasteiger partial charge in [0.15, 0.2) is 0 Å². The Morgan fingerprint density at radius 3 is 2.06 bits per heavy atom. The maximum Gasteiger partial charge on any atom is 0.235 e. The van der Waals surface area contributed by atoms with Crippen LogP contribution in [0, 0.1) is 10.8 Å². The number of nitrogens with two attached hydrogens (primary N) is 1. The number of hydrogen-bond donors (Lipinski definition) is 1. The lowest BCUT2D eigenvalue weighted by atomic mass is 9.82. The standard InChI is InChI=1S/C12H20N2OS/c1-11(2)5-7-14(8-6-11)10(15)12(3-4-12)9(13)16/h3-8H2,1-2H3,(H2,13,16). The van der Waals surface area contributed by atoms with Crippen LogP contribution in [0.1, 0.15) is 39.5 Å². The van der Waals surface area contributed by atoms with Crippen molar-refractivity contribution in [2.45, 2.75) is 39.5 Å². The van der Waals surface area contributed by atoms with E-state index in [2.05, 4.69) is 13.8 Å². The number of rotatable bonds is 2. The predicted octanol–water partition coefficient (Wildman–Crippen LogP) is 1.70. The maximum atomic E-state index is 12.3. The Bertz CT molecular complexity index is 324. The first-order valence-electron chi connectivity index (χ1n) is 5.97. The summed E-state index contributed by atoms with van der Waals surface area (Å²) in [6, 6.07) is 0. The Kier molecular flexibility index (Phi) is 2.73. The van der Waals surface area contributed by atoms with Crippen LogP contribution in [0.25, 0.3) is 0 Å². The van der Waals surface area contributed by atoms with Crippen LogP contribution in [-0.4, -0.2) is 28.9 Å². The third-order valence-electron chi connectivity index (χ3n) is 4.04. The number of carbonyl (C=O) groups excluding carboxylic acids is 1. The number of hydrogen-bond acceptors (Lipinski definition) is 2. The number of nitrogens with zero attached hydrogens (tertiary/aromatic N) is 1. The van der Waals surface area contributed by atoms with Gasteiger partial charge in [0.25, 0.3) is 0 Å². The van der Waals surface area contributed by atoms with Crippen LogP contribution in [-0.2, 0) is 4.79 Å². The highest BCUT2D eigenvalue weighted by molar-refractivity contribution is 7.80. The van der Waals surface area contributed by atoms with Crippen LogP contribution in [0.3, 0.4) is 0 Å². The summed E-state index contributed by atoms with van der Waals surface area (Å²) in [6.45, 7) is 6.23. The van der Waals surface area contributed by atoms with Gasteiger partial charge in [-0.05, 0) is 31.1 Å². The van der Waals surface area contributed by atoms with E-state index in [4.69, 9.17) is 18.0 Å². The smallest absolute Gasteiger partial charge is 0.235 e. The van der Waals surface area contributed by atoms with Crippen molar-refractivity contribution in [1.29, 1.82) is 0 Å². The van der Waals surface area contributed by atoms with Crippen LogP contribution in [0.4, 0.5) is 0 Å². The Balaban J connectivity index is 2.00. The summed E-state index contributed by atoms with van der Waals surface area (Å²) < 4.78 is 0. The molecule has 0 aromatic rings. The van der Waals surface area contributed by atoms with Crippen molar-refractivity contribution < 1.29 is 4.79 Å². The van der Waals surface area contributed by atoms with Crippen LogP contribution < -0.4 is 5.73 Å². The van der Waals surface area contributed by atoms with E-state index < -0.39 is 5.41 Å². The lowest BCUT2D eigenvalue weighted by molar-refractivity contribution is -0.136. The van der Waals surface area contributed by atoms with E-state index in [0.29, 0.717) is 10.4 Å². The molecule has 1 amide bonds. The Morgan fingerprint density at radius 2 is 1.69 bits per heavy atom. The van der Waals surface area contributed by atoms with E-state index in [0.717, 1.165) is 38.8 Å². The first kappa shape index (κ1) is 11.8. The zero-order valence-electron chi connectivity index (χ0n) is 10.1. The zero-order chi connectivity index (χ0) is 12.0. The zero-order valence-corrected chi connectivity index (χ0v) is 10.9. The van der Waals surface area contributed by atoms with Gasteiger partial charge < -0.3 is 10.6 Å². The van der Waals surface area contributed by atoms with Crippen molar-refractivity contribution in [2.24, 2.45) is 16.6 Å². The molecule has 1 aliphatic carbocycles. The van der Waals surface area contributed by atoms with Gasteiger partial charge in [0.1, 0.15) is 0 Å². The molecule has 1 aliphatic heterocycles. The molecular formula is C12H20N2OS. The molecule has 3 nitrogen and oxygen atoms in total. The fourth-order valence-corrected chi connectivity index (χ4v) is 2.60. The summed E-state index contributed by atoms with van der Waals surface area (Å²) >= 11 is 5.02. The molecule has 2 rings (SSSR count). The third-order valence-corrected chi connectivity index (χ3v) is 4.43. The molecule has 90 valence electrons. The van der Waals surface area contributed by atoms with Crippen molar-refractivity contribution in [2.75, 3.05) is 13.1 Å². The van der Waals surface area contributed by atoms with E-state index in [9.17, 15) is 4.79 Å². The average Bonchev–Trinajstić information content (AvgIpc) is 2.97. The monoisotopic (exact) mass is 240 g/mol. The molecule has 4 heteroatoms. The maximum absolute atomic E-state index is 12.3. The molecular weight excluding hydrogens is 220 g/mol. The van der Waals surface area contributed by atoms with Gasteiger partial charge in [-0.1, -0.05) is 26.1 Å². The molecule has 2 N–H and O–H groups in total. The minimum Gasteiger partial charge on any atom is -0.392 e. The van der Waals surface area contributed by atoms with Crippen molar-refractivity contribution >= 4 is 23.1 Å². The van der Waals surface area contributed by atoms with Gasteiger partial charge in [-0.3, -0.25) is 4.79 Å². The fourth-order valence-electron chi connectivity index (χ4n) is 2.31. The summed E-state index contributed by atoms with van der Waals surface area (Å²) in [7, 11) is 0. The molecule has 0 aromatic heterocycles. The van der Waals surface area contributed by atoms with Gasteiger partial charge in [0, 0.05) is 13.1 Å². The van der Waals surface area contributed by atoms with Gasteiger partial charge >= 0.3 is 0 Å². The first-order valence-corrected chi connectivity index (χ1v) is 6.38. The topological polar surface area (TPSA) is 46.3 Å². The van der Waals surface area contributed by atoms with Crippen molar-refractivity contribution in [1.82, 2.24) is 4.90 Å². The molecule has 2 fully saturated rings. The van der Waals surface area contributed by atoms with Crippen molar-refractivity contribution in [3.05, 3.63) is 0 Å². The summed E-state index contributed by atoms with van der Waals surface area (Å²) in [4.78, 5) is 14.6. The number of thiocarbonyl (C=S) groups is 1. The highest BCUT2D eigenvalue weighted by Gasteiger charge is 2.54. The molecule has 0 unspecified atom stereocenters. The lowest BCUT2D eigenvalue weighted by Gasteiger charge is -2.38. The first-order chi connectivity index (χ1) is 7.37. The highest BCUT2D eigenvalue weighted by Crippen LogP contribution is 2.48. The summed E-state index contributed by atoms with van der Waals surface area (Å²) in [5.74, 6) is 0.176. The molecule has 0 bridgehead atoms. The third kappa shape index (κ3) is 1.95. The van der Waals surface area contributed by atoms with Crippen molar-refractivity contribution in [3.8, 4) is 0 Å². The second-order valence-electron chi connectivity index (χ2n) is 5.90. The largest absolute Gasteiger partial charge is 0.392 e. The van der Waals surface area contributed by atoms with Gasteiger partial charge in [0.05, 0.1) is 10.4 Å². The van der Waals surface area contributed by atoms with Crippen LogP contribution >= 0.6 is 12.2 Å². The Labute approximate surface area is 102 Å². The summed E-state index contributed by atoms with van der Waals surface area (Å²) in [5.41, 5.74) is 5.59. The van der Waals surface area contributed by atoms with Gasteiger partial charge in [0.2, 0.25) is 5.91 Å². The Hall–Kier alpha value is -0.640. The molecule has 0 radical (unpaired) electrons. The molecule has 0 spiro atoms. The Morgan fingerprint density at radius 1 is 1.19 bits per heavy atom.